The van der Waals surface area contributed by atoms with Gasteiger partial charge in [-0.25, -0.2) is 0 Å². The van der Waals surface area contributed by atoms with Crippen LogP contribution in [0.2, 0.25) is 0 Å². The molecular formula is C16H16O3. The van der Waals surface area contributed by atoms with Crippen LogP contribution in [0.3, 0.4) is 0 Å². The Morgan fingerprint density at radius 3 is 2.79 bits per heavy atom. The SMILES string of the molecule is C[C@@H]1CC=C(C=O)[C@@H](C)[C@]12C(=O)Oc1ccccc12. The van der Waals surface area contributed by atoms with Gasteiger partial charge in [0.05, 0.1) is 0 Å². The summed E-state index contributed by atoms with van der Waals surface area (Å²) in [6.45, 7) is 4.00. The van der Waals surface area contributed by atoms with Gasteiger partial charge in [0, 0.05) is 11.5 Å². The van der Waals surface area contributed by atoms with Crippen molar-refractivity contribution >= 4 is 12.3 Å². The lowest BCUT2D eigenvalue weighted by Crippen LogP contribution is -2.48. The van der Waals surface area contributed by atoms with Crippen LogP contribution >= 0.6 is 0 Å². The Morgan fingerprint density at radius 1 is 1.32 bits per heavy atom. The zero-order valence-electron chi connectivity index (χ0n) is 11.1. The van der Waals surface area contributed by atoms with E-state index in [1.54, 1.807) is 0 Å². The average Bonchev–Trinajstić information content (AvgIpc) is 2.70. The maximum Gasteiger partial charge on any atom is 0.323 e. The summed E-state index contributed by atoms with van der Waals surface area (Å²) in [5.74, 6) is 0.395. The molecule has 19 heavy (non-hydrogen) atoms. The fraction of sp³-hybridized carbons (Fsp3) is 0.375. The Morgan fingerprint density at radius 2 is 2.05 bits per heavy atom. The largest absolute Gasteiger partial charge is 0.426 e. The highest BCUT2D eigenvalue weighted by Gasteiger charge is 2.57. The fourth-order valence-corrected chi connectivity index (χ4v) is 3.58. The van der Waals surface area contributed by atoms with Gasteiger partial charge in [0.1, 0.15) is 17.5 Å². The number of aldehydes is 1. The predicted octanol–water partition coefficient (Wildman–Crippen LogP) is 2.64. The van der Waals surface area contributed by atoms with Crippen LogP contribution in [-0.2, 0) is 15.0 Å². The van der Waals surface area contributed by atoms with Gasteiger partial charge in [-0.2, -0.15) is 0 Å². The van der Waals surface area contributed by atoms with Gasteiger partial charge in [-0.15, -0.1) is 0 Å². The number of allylic oxidation sites excluding steroid dienone is 2. The van der Waals surface area contributed by atoms with E-state index in [0.717, 1.165) is 18.3 Å². The molecule has 3 nitrogen and oxygen atoms in total. The molecule has 3 rings (SSSR count). The summed E-state index contributed by atoms with van der Waals surface area (Å²) in [7, 11) is 0. The molecule has 0 fully saturated rings. The van der Waals surface area contributed by atoms with Crippen molar-refractivity contribution in [3.05, 3.63) is 41.5 Å². The number of para-hydroxylation sites is 1. The lowest BCUT2D eigenvalue weighted by atomic mass is 9.58. The molecule has 1 aliphatic carbocycles. The van der Waals surface area contributed by atoms with E-state index in [0.29, 0.717) is 11.3 Å². The molecule has 0 N–H and O–H groups in total. The molecule has 0 unspecified atom stereocenters. The number of hydrogen-bond acceptors (Lipinski definition) is 3. The maximum atomic E-state index is 12.5. The smallest absolute Gasteiger partial charge is 0.323 e. The Balaban J connectivity index is 2.24. The van der Waals surface area contributed by atoms with E-state index in [1.807, 2.05) is 37.3 Å². The van der Waals surface area contributed by atoms with Crippen LogP contribution in [0.15, 0.2) is 35.9 Å². The molecule has 3 atom stereocenters. The average molecular weight is 256 g/mol. The summed E-state index contributed by atoms with van der Waals surface area (Å²) in [4.78, 5) is 23.7. The molecule has 0 amide bonds. The molecule has 0 saturated heterocycles. The van der Waals surface area contributed by atoms with E-state index in [2.05, 4.69) is 6.92 Å². The van der Waals surface area contributed by atoms with Crippen molar-refractivity contribution in [2.45, 2.75) is 25.7 Å². The minimum Gasteiger partial charge on any atom is -0.426 e. The Labute approximate surface area is 112 Å². The molecule has 3 heteroatoms. The molecular weight excluding hydrogens is 240 g/mol. The minimum absolute atomic E-state index is 0.127. The van der Waals surface area contributed by atoms with Gasteiger partial charge < -0.3 is 4.74 Å². The molecule has 0 aromatic heterocycles. The van der Waals surface area contributed by atoms with E-state index < -0.39 is 5.41 Å². The van der Waals surface area contributed by atoms with Crippen LogP contribution < -0.4 is 4.74 Å². The summed E-state index contributed by atoms with van der Waals surface area (Å²) >= 11 is 0. The van der Waals surface area contributed by atoms with Crippen LogP contribution in [0.4, 0.5) is 0 Å². The van der Waals surface area contributed by atoms with E-state index in [4.69, 9.17) is 4.74 Å². The van der Waals surface area contributed by atoms with Gasteiger partial charge in [0.25, 0.3) is 0 Å². The number of carbonyl (C=O) groups excluding carboxylic acids is 2. The van der Waals surface area contributed by atoms with Gasteiger partial charge in [-0.3, -0.25) is 9.59 Å². The second-order valence-corrected chi connectivity index (χ2v) is 5.44. The van der Waals surface area contributed by atoms with Gasteiger partial charge in [0.15, 0.2) is 0 Å². The molecule has 2 aliphatic rings. The van der Waals surface area contributed by atoms with Gasteiger partial charge in [0.2, 0.25) is 0 Å². The molecule has 0 radical (unpaired) electrons. The highest BCUT2D eigenvalue weighted by Crippen LogP contribution is 2.53. The van der Waals surface area contributed by atoms with Crippen molar-refractivity contribution in [2.24, 2.45) is 11.8 Å². The third-order valence-corrected chi connectivity index (χ3v) is 4.68. The molecule has 0 saturated carbocycles. The summed E-state index contributed by atoms with van der Waals surface area (Å²) < 4.78 is 5.45. The first-order valence-electron chi connectivity index (χ1n) is 6.59. The Hall–Kier alpha value is -1.90. The Kier molecular flexibility index (Phi) is 2.59. The van der Waals surface area contributed by atoms with E-state index in [1.165, 1.54) is 0 Å². The van der Waals surface area contributed by atoms with Gasteiger partial charge in [-0.05, 0) is 24.0 Å². The summed E-state index contributed by atoms with van der Waals surface area (Å²) in [5.41, 5.74) is 0.918. The molecule has 1 aromatic rings. The molecule has 1 aromatic carbocycles. The van der Waals surface area contributed by atoms with Gasteiger partial charge in [-0.1, -0.05) is 38.1 Å². The van der Waals surface area contributed by atoms with E-state index in [-0.39, 0.29) is 17.8 Å². The third-order valence-electron chi connectivity index (χ3n) is 4.68. The van der Waals surface area contributed by atoms with Gasteiger partial charge >= 0.3 is 5.97 Å². The normalized spacial score (nSPS) is 32.7. The van der Waals surface area contributed by atoms with Crippen LogP contribution in [0, 0.1) is 11.8 Å². The predicted molar refractivity (Wildman–Crippen MR) is 70.8 cm³/mol. The standard InChI is InChI=1S/C16H16O3/c1-10-7-8-12(9-17)11(2)16(10)13-5-3-4-6-14(13)19-15(16)18/h3-6,8-11H,7H2,1-2H3/t10-,11-,16-/m1/s1. The highest BCUT2D eigenvalue weighted by atomic mass is 16.5. The van der Waals surface area contributed by atoms with Crippen molar-refractivity contribution in [3.63, 3.8) is 0 Å². The molecule has 1 heterocycles. The first kappa shape index (κ1) is 12.2. The van der Waals surface area contributed by atoms with Crippen molar-refractivity contribution in [1.29, 1.82) is 0 Å². The number of esters is 1. The number of carbonyl (C=O) groups is 2. The molecule has 1 spiro atoms. The molecule has 1 aliphatic heterocycles. The van der Waals surface area contributed by atoms with Crippen molar-refractivity contribution in [2.75, 3.05) is 0 Å². The first-order chi connectivity index (χ1) is 9.12. The minimum atomic E-state index is -0.707. The summed E-state index contributed by atoms with van der Waals surface area (Å²) in [5, 5.41) is 0. The summed E-state index contributed by atoms with van der Waals surface area (Å²) in [6, 6.07) is 7.54. The lowest BCUT2D eigenvalue weighted by molar-refractivity contribution is -0.142. The van der Waals surface area contributed by atoms with Crippen LogP contribution in [-0.4, -0.2) is 12.3 Å². The lowest BCUT2D eigenvalue weighted by Gasteiger charge is -2.40. The molecule has 0 bridgehead atoms. The molecule has 98 valence electrons. The Bertz CT molecular complexity index is 587. The second-order valence-electron chi connectivity index (χ2n) is 5.44. The number of fused-ring (bicyclic) bond motifs is 2. The van der Waals surface area contributed by atoms with Crippen molar-refractivity contribution < 1.29 is 14.3 Å². The quantitative estimate of drug-likeness (QED) is 0.441. The van der Waals surface area contributed by atoms with Crippen LogP contribution in [0.5, 0.6) is 5.75 Å². The maximum absolute atomic E-state index is 12.5. The first-order valence-corrected chi connectivity index (χ1v) is 6.59. The number of hydrogen-bond donors (Lipinski definition) is 0. The van der Waals surface area contributed by atoms with Crippen molar-refractivity contribution in [1.82, 2.24) is 0 Å². The van der Waals surface area contributed by atoms with Crippen LogP contribution in [0.25, 0.3) is 0 Å². The number of benzene rings is 1. The highest BCUT2D eigenvalue weighted by molar-refractivity contribution is 5.94. The van der Waals surface area contributed by atoms with Crippen LogP contribution in [0.1, 0.15) is 25.8 Å². The topological polar surface area (TPSA) is 43.4 Å². The zero-order chi connectivity index (χ0) is 13.6. The van der Waals surface area contributed by atoms with E-state index in [9.17, 15) is 9.59 Å². The number of ether oxygens (including phenoxy) is 1. The third kappa shape index (κ3) is 1.38. The number of rotatable bonds is 1. The second kappa shape index (κ2) is 4.05. The van der Waals surface area contributed by atoms with E-state index >= 15 is 0 Å². The van der Waals surface area contributed by atoms with Crippen molar-refractivity contribution in [3.8, 4) is 5.75 Å². The fourth-order valence-electron chi connectivity index (χ4n) is 3.58. The zero-order valence-corrected chi connectivity index (χ0v) is 11.1. The summed E-state index contributed by atoms with van der Waals surface area (Å²) in [6.07, 6.45) is 3.54. The monoisotopic (exact) mass is 256 g/mol.